The van der Waals surface area contributed by atoms with Gasteiger partial charge in [-0.2, -0.15) is 0 Å². The molecular formula is C23H20FNO4. The summed E-state index contributed by atoms with van der Waals surface area (Å²) in [5, 5.41) is 11.3. The molecule has 0 spiro atoms. The molecule has 0 fully saturated rings. The number of benzene rings is 3. The fourth-order valence-corrected chi connectivity index (χ4v) is 3.39. The van der Waals surface area contributed by atoms with Crippen LogP contribution in [0.15, 0.2) is 66.7 Å². The summed E-state index contributed by atoms with van der Waals surface area (Å²) in [5.74, 6) is 0.105. The Morgan fingerprint density at radius 2 is 1.52 bits per heavy atom. The number of para-hydroxylation sites is 1. The van der Waals surface area contributed by atoms with Crippen LogP contribution in [0.2, 0.25) is 0 Å². The lowest BCUT2D eigenvalue weighted by atomic mass is 10.1. The fraction of sp³-hybridized carbons (Fsp3) is 0.174. The van der Waals surface area contributed by atoms with Gasteiger partial charge in [-0.15, -0.1) is 0 Å². The Morgan fingerprint density at radius 1 is 0.862 bits per heavy atom. The van der Waals surface area contributed by atoms with Crippen LogP contribution in [0, 0.1) is 5.82 Å². The van der Waals surface area contributed by atoms with Crippen molar-refractivity contribution >= 4 is 27.8 Å². The smallest absolute Gasteiger partial charge is 0.323 e. The number of nitrogens with zero attached hydrogens (tertiary/aromatic N) is 1. The molecule has 0 unspecified atom stereocenters. The zero-order valence-electron chi connectivity index (χ0n) is 15.7. The van der Waals surface area contributed by atoms with Gasteiger partial charge in [0.05, 0.1) is 18.7 Å². The molecule has 0 radical (unpaired) electrons. The normalized spacial score (nSPS) is 11.1. The highest BCUT2D eigenvalue weighted by atomic mass is 19.1. The Bertz CT molecular complexity index is 1150. The predicted octanol–water partition coefficient (Wildman–Crippen LogP) is 4.87. The minimum atomic E-state index is -0.892. The van der Waals surface area contributed by atoms with Gasteiger partial charge in [0.25, 0.3) is 0 Å². The van der Waals surface area contributed by atoms with E-state index >= 15 is 0 Å². The van der Waals surface area contributed by atoms with E-state index in [4.69, 9.17) is 9.47 Å². The number of hydrogen-bond donors (Lipinski definition) is 1. The summed E-state index contributed by atoms with van der Waals surface area (Å²) >= 11 is 0. The van der Waals surface area contributed by atoms with Gasteiger partial charge in [0.1, 0.15) is 23.9 Å². The zero-order valence-corrected chi connectivity index (χ0v) is 15.7. The maximum Gasteiger partial charge on any atom is 0.323 e. The van der Waals surface area contributed by atoms with E-state index < -0.39 is 5.97 Å². The van der Waals surface area contributed by atoms with Crippen LogP contribution in [0.4, 0.5) is 4.39 Å². The summed E-state index contributed by atoms with van der Waals surface area (Å²) in [6, 6.07) is 19.4. The number of hydrogen-bond acceptors (Lipinski definition) is 3. The molecular weight excluding hydrogens is 373 g/mol. The number of aliphatic carboxylic acids is 1. The van der Waals surface area contributed by atoms with E-state index in [0.717, 1.165) is 21.8 Å². The summed E-state index contributed by atoms with van der Waals surface area (Å²) < 4.78 is 26.1. The summed E-state index contributed by atoms with van der Waals surface area (Å²) in [7, 11) is 0. The fourth-order valence-electron chi connectivity index (χ4n) is 3.39. The first-order valence-corrected chi connectivity index (χ1v) is 9.36. The lowest BCUT2D eigenvalue weighted by Crippen LogP contribution is -2.08. The highest BCUT2D eigenvalue weighted by Gasteiger charge is 2.13. The number of carboxylic acid groups (broad SMARTS) is 1. The van der Waals surface area contributed by atoms with Crippen LogP contribution in [0.25, 0.3) is 21.8 Å². The molecule has 0 aliphatic carbocycles. The molecule has 4 aromatic rings. The average Bonchev–Trinajstić information content (AvgIpc) is 3.02. The molecule has 1 N–H and O–H groups in total. The molecule has 148 valence electrons. The third-order valence-electron chi connectivity index (χ3n) is 4.68. The van der Waals surface area contributed by atoms with Gasteiger partial charge in [0.2, 0.25) is 0 Å². The predicted molar refractivity (Wildman–Crippen MR) is 109 cm³/mol. The number of rotatable bonds is 8. The standard InChI is InChI=1S/C23H20FNO4/c24-16-6-8-17(9-7-16)28-12-3-13-29-18-10-11-20-19-4-1-2-5-21(19)25(15-23(26)27)22(20)14-18/h1-2,4-11,14H,3,12-13,15H2,(H,26,27). The van der Waals surface area contributed by atoms with Gasteiger partial charge in [-0.25, -0.2) is 4.39 Å². The van der Waals surface area contributed by atoms with Crippen LogP contribution in [0.1, 0.15) is 6.42 Å². The molecule has 29 heavy (non-hydrogen) atoms. The van der Waals surface area contributed by atoms with Crippen molar-refractivity contribution in [3.63, 3.8) is 0 Å². The first-order valence-electron chi connectivity index (χ1n) is 9.36. The van der Waals surface area contributed by atoms with Crippen LogP contribution >= 0.6 is 0 Å². The molecule has 0 saturated heterocycles. The molecule has 0 aliphatic rings. The summed E-state index contributed by atoms with van der Waals surface area (Å²) in [5.41, 5.74) is 1.71. The van der Waals surface area contributed by atoms with Gasteiger partial charge in [-0.1, -0.05) is 18.2 Å². The molecule has 6 heteroatoms. The molecule has 0 aliphatic heterocycles. The van der Waals surface area contributed by atoms with Crippen LogP contribution in [0.3, 0.4) is 0 Å². The molecule has 1 heterocycles. The van der Waals surface area contributed by atoms with E-state index in [0.29, 0.717) is 31.1 Å². The van der Waals surface area contributed by atoms with Crippen molar-refractivity contribution < 1.29 is 23.8 Å². The maximum absolute atomic E-state index is 12.9. The molecule has 0 atom stereocenters. The first kappa shape index (κ1) is 18.8. The monoisotopic (exact) mass is 393 g/mol. The summed E-state index contributed by atoms with van der Waals surface area (Å²) in [6.07, 6.45) is 0.660. The van der Waals surface area contributed by atoms with Crippen LogP contribution in [0.5, 0.6) is 11.5 Å². The van der Waals surface area contributed by atoms with Crippen molar-refractivity contribution in [3.05, 3.63) is 72.5 Å². The molecule has 4 rings (SSSR count). The van der Waals surface area contributed by atoms with Gasteiger partial charge >= 0.3 is 5.97 Å². The van der Waals surface area contributed by atoms with Gasteiger partial charge < -0.3 is 19.1 Å². The minimum Gasteiger partial charge on any atom is -0.493 e. The highest BCUT2D eigenvalue weighted by molar-refractivity contribution is 6.08. The number of carbonyl (C=O) groups is 1. The minimum absolute atomic E-state index is 0.112. The Labute approximate surface area is 166 Å². The summed E-state index contributed by atoms with van der Waals surface area (Å²) in [6.45, 7) is 0.790. The van der Waals surface area contributed by atoms with Crippen molar-refractivity contribution in [2.75, 3.05) is 13.2 Å². The largest absolute Gasteiger partial charge is 0.493 e. The van der Waals surface area contributed by atoms with E-state index in [1.54, 1.807) is 16.7 Å². The first-order chi connectivity index (χ1) is 14.1. The summed E-state index contributed by atoms with van der Waals surface area (Å²) in [4.78, 5) is 11.3. The van der Waals surface area contributed by atoms with Crippen molar-refractivity contribution in [2.24, 2.45) is 0 Å². The zero-order chi connectivity index (χ0) is 20.2. The lowest BCUT2D eigenvalue weighted by molar-refractivity contribution is -0.137. The van der Waals surface area contributed by atoms with E-state index in [2.05, 4.69) is 0 Å². The van der Waals surface area contributed by atoms with Crippen molar-refractivity contribution in [3.8, 4) is 11.5 Å². The average molecular weight is 393 g/mol. The van der Waals surface area contributed by atoms with E-state index in [1.165, 1.54) is 12.1 Å². The SMILES string of the molecule is O=C(O)Cn1c2ccccc2c2ccc(OCCCOc3ccc(F)cc3)cc21. The molecule has 1 aromatic heterocycles. The number of halogens is 1. The maximum atomic E-state index is 12.9. The number of fused-ring (bicyclic) bond motifs is 3. The lowest BCUT2D eigenvalue weighted by Gasteiger charge is -2.09. The third kappa shape index (κ3) is 4.16. The molecule has 0 bridgehead atoms. The van der Waals surface area contributed by atoms with E-state index in [1.807, 2.05) is 42.5 Å². The highest BCUT2D eigenvalue weighted by Crippen LogP contribution is 2.31. The number of ether oxygens (including phenoxy) is 2. The van der Waals surface area contributed by atoms with Crippen molar-refractivity contribution in [2.45, 2.75) is 13.0 Å². The third-order valence-corrected chi connectivity index (χ3v) is 4.68. The Kier molecular flexibility index (Phi) is 5.33. The second-order valence-corrected chi connectivity index (χ2v) is 6.68. The van der Waals surface area contributed by atoms with Crippen molar-refractivity contribution in [1.29, 1.82) is 0 Å². The van der Waals surface area contributed by atoms with Gasteiger partial charge in [0.15, 0.2) is 0 Å². The molecule has 0 amide bonds. The van der Waals surface area contributed by atoms with Crippen LogP contribution in [-0.2, 0) is 11.3 Å². The van der Waals surface area contributed by atoms with Gasteiger partial charge in [-0.3, -0.25) is 4.79 Å². The molecule has 5 nitrogen and oxygen atoms in total. The van der Waals surface area contributed by atoms with Crippen LogP contribution in [-0.4, -0.2) is 28.9 Å². The van der Waals surface area contributed by atoms with E-state index in [-0.39, 0.29) is 12.4 Å². The number of carboxylic acids is 1. The second kappa shape index (κ2) is 8.22. The Balaban J connectivity index is 1.45. The van der Waals surface area contributed by atoms with Gasteiger partial charge in [0, 0.05) is 28.8 Å². The molecule has 3 aromatic carbocycles. The number of aromatic nitrogens is 1. The molecule has 0 saturated carbocycles. The van der Waals surface area contributed by atoms with Gasteiger partial charge in [-0.05, 0) is 42.5 Å². The Morgan fingerprint density at radius 3 is 2.28 bits per heavy atom. The van der Waals surface area contributed by atoms with Crippen molar-refractivity contribution in [1.82, 2.24) is 4.57 Å². The topological polar surface area (TPSA) is 60.7 Å². The van der Waals surface area contributed by atoms with Crippen LogP contribution < -0.4 is 9.47 Å². The van der Waals surface area contributed by atoms with E-state index in [9.17, 15) is 14.3 Å². The second-order valence-electron chi connectivity index (χ2n) is 6.68. The quantitative estimate of drug-likeness (QED) is 0.434. The Hall–Kier alpha value is -3.54.